The molecule has 21 N–H and O–H groups in total. The summed E-state index contributed by atoms with van der Waals surface area (Å²) in [5.74, 6) is -15.1. The average molecular weight is 1100 g/mol. The number of aliphatic carboxylic acids is 2. The van der Waals surface area contributed by atoms with Crippen molar-refractivity contribution in [1.29, 1.82) is 0 Å². The van der Waals surface area contributed by atoms with Crippen LogP contribution in [0.5, 0.6) is 0 Å². The average Bonchev–Trinajstić information content (AvgIpc) is 3.31. The first kappa shape index (κ1) is 69.3. The molecule has 0 bridgehead atoms. The summed E-state index contributed by atoms with van der Waals surface area (Å²) in [4.78, 5) is 170. The number of hydrogen-bond acceptors (Lipinski definition) is 16. The van der Waals surface area contributed by atoms with E-state index in [9.17, 15) is 77.6 Å². The fraction of sp³-hybridized carbons (Fsp3) is 0.696. The van der Waals surface area contributed by atoms with Gasteiger partial charge in [-0.05, 0) is 56.3 Å². The summed E-state index contributed by atoms with van der Waals surface area (Å²) in [6, 6.07) is -12.9. The number of primary amides is 1. The number of aliphatic hydroxyl groups is 1. The highest BCUT2D eigenvalue weighted by Crippen LogP contribution is 2.11. The molecule has 0 rings (SSSR count). The second-order valence-electron chi connectivity index (χ2n) is 19.6. The zero-order chi connectivity index (χ0) is 59.4. The quantitative estimate of drug-likeness (QED) is 0.0158. The Morgan fingerprint density at radius 2 is 0.948 bits per heavy atom. The molecule has 9 atom stereocenters. The Bertz CT molecular complexity index is 2120. The fourth-order valence-electron chi connectivity index (χ4n) is 6.77. The number of nitrogens with two attached hydrogens (primary N) is 4. The Balaban J connectivity index is 5.75. The number of carboxylic acid groups (broad SMARTS) is 2. The zero-order valence-electron chi connectivity index (χ0n) is 45.0. The molecule has 77 heavy (non-hydrogen) atoms. The van der Waals surface area contributed by atoms with Gasteiger partial charge in [-0.2, -0.15) is 0 Å². The summed E-state index contributed by atoms with van der Waals surface area (Å²) in [7, 11) is 0. The first-order valence-electron chi connectivity index (χ1n) is 24.8. The molecular formula is C46H81N15O16. The number of carbonyl (C=O) groups excluding carboxylic acids is 11. The predicted octanol–water partition coefficient (Wildman–Crippen LogP) is -6.67. The molecule has 31 nitrogen and oxygen atoms in total. The standard InChI is InChI=1S/C46H81N15O16/c1-20(2)13-26(41(72)61-36(23(7)8)44(75)54-24(9)37(68)57-27(14-21(3)4)39(70)56-25(45(76)77)11-10-12-51-46(49)50)55-33(65)18-52-32(64)17-53-38(69)29(16-34(66)67)58-42(73)30(19-62)60-40(71)28(15-31(47)63)59-43(74)35(48)22(5)6/h20-30,35-36,62H,10-19,48H2,1-9H3,(H2,47,63)(H,52,64)(H,53,69)(H,54,75)(H,55,65)(H,56,70)(H,57,68)(H,58,73)(H,59,74)(H,60,71)(H,61,72)(H,66,67)(H,76,77)(H4,49,50,51)/t24-,25-,26-,27-,28-,29-,30-,35-,36-/m0/s1. The van der Waals surface area contributed by atoms with Crippen LogP contribution in [0.15, 0.2) is 4.99 Å². The molecule has 0 heterocycles. The minimum Gasteiger partial charge on any atom is -0.481 e. The Labute approximate surface area is 445 Å². The molecule has 0 fully saturated rings. The van der Waals surface area contributed by atoms with Gasteiger partial charge in [0.1, 0.15) is 48.3 Å². The molecule has 0 saturated heterocycles. The van der Waals surface area contributed by atoms with Gasteiger partial charge in [0.05, 0.1) is 38.6 Å². The summed E-state index contributed by atoms with van der Waals surface area (Å²) >= 11 is 0. The fourth-order valence-corrected chi connectivity index (χ4v) is 6.77. The normalized spacial score (nSPS) is 14.6. The van der Waals surface area contributed by atoms with Crippen molar-refractivity contribution in [3.63, 3.8) is 0 Å². The highest BCUT2D eigenvalue weighted by molar-refractivity contribution is 5.99. The van der Waals surface area contributed by atoms with E-state index in [1.165, 1.54) is 6.92 Å². The van der Waals surface area contributed by atoms with E-state index in [-0.39, 0.29) is 55.9 Å². The van der Waals surface area contributed by atoms with Crippen molar-refractivity contribution >= 4 is 82.9 Å². The highest BCUT2D eigenvalue weighted by atomic mass is 16.4. The van der Waals surface area contributed by atoms with E-state index < -0.39 is 170 Å². The summed E-state index contributed by atoms with van der Waals surface area (Å²) < 4.78 is 0. The second kappa shape index (κ2) is 34.8. The van der Waals surface area contributed by atoms with Gasteiger partial charge in [-0.3, -0.25) is 62.5 Å². The summed E-state index contributed by atoms with van der Waals surface area (Å²) in [6.45, 7) is 12.2. The van der Waals surface area contributed by atoms with Gasteiger partial charge >= 0.3 is 11.9 Å². The van der Waals surface area contributed by atoms with Gasteiger partial charge in [0.2, 0.25) is 65.0 Å². The Kier molecular flexibility index (Phi) is 31.3. The van der Waals surface area contributed by atoms with E-state index >= 15 is 0 Å². The number of rotatable bonds is 36. The number of aliphatic hydroxyl groups excluding tert-OH is 1. The lowest BCUT2D eigenvalue weighted by Crippen LogP contribution is -2.60. The molecule has 436 valence electrons. The maximum Gasteiger partial charge on any atom is 0.326 e. The molecule has 0 spiro atoms. The number of carbonyl (C=O) groups is 13. The summed E-state index contributed by atoms with van der Waals surface area (Å²) in [6.07, 6.45) is -1.45. The van der Waals surface area contributed by atoms with Gasteiger partial charge < -0.3 is 91.4 Å². The molecule has 31 heteroatoms. The SMILES string of the molecule is CC(C)C[C@H](NC(=O)CNC(=O)CNC(=O)[C@H](CC(=O)O)NC(=O)[C@H](CO)NC(=O)[C@H](CC(N)=O)NC(=O)[C@@H](N)C(C)C)C(=O)N[C@H](C(=O)N[C@@H](C)C(=O)N[C@@H](CC(C)C)C(=O)N[C@@H](CCCN=C(N)N)C(=O)O)C(C)C. The van der Waals surface area contributed by atoms with E-state index in [0.29, 0.717) is 0 Å². The lowest BCUT2D eigenvalue weighted by molar-refractivity contribution is -0.142. The van der Waals surface area contributed by atoms with Crippen molar-refractivity contribution < 1.29 is 77.6 Å². The van der Waals surface area contributed by atoms with Crippen LogP contribution in [0.25, 0.3) is 0 Å². The number of nitrogens with one attached hydrogen (secondary N) is 10. The Morgan fingerprint density at radius 1 is 0.481 bits per heavy atom. The van der Waals surface area contributed by atoms with Crippen molar-refractivity contribution in [2.24, 2.45) is 51.6 Å². The number of aliphatic imine (C=N–C) groups is 1. The van der Waals surface area contributed by atoms with Gasteiger partial charge in [-0.15, -0.1) is 0 Å². The van der Waals surface area contributed by atoms with Crippen LogP contribution >= 0.6 is 0 Å². The minimum absolute atomic E-state index is 0.0200. The first-order valence-corrected chi connectivity index (χ1v) is 24.8. The molecule has 0 aromatic rings. The van der Waals surface area contributed by atoms with Gasteiger partial charge in [0, 0.05) is 6.54 Å². The van der Waals surface area contributed by atoms with Crippen LogP contribution in [-0.4, -0.2) is 179 Å². The third-order valence-corrected chi connectivity index (χ3v) is 11.0. The molecule has 0 radical (unpaired) electrons. The first-order chi connectivity index (χ1) is 35.7. The van der Waals surface area contributed by atoms with Gasteiger partial charge in [0.15, 0.2) is 5.96 Å². The highest BCUT2D eigenvalue weighted by Gasteiger charge is 2.35. The number of carboxylic acids is 2. The number of nitrogens with zero attached hydrogens (tertiary/aromatic N) is 1. The summed E-state index contributed by atoms with van der Waals surface area (Å²) in [5, 5.41) is 52.2. The molecule has 0 unspecified atom stereocenters. The van der Waals surface area contributed by atoms with E-state index in [2.05, 4.69) is 52.8 Å². The van der Waals surface area contributed by atoms with Crippen molar-refractivity contribution in [2.45, 2.75) is 155 Å². The molecule has 0 aromatic heterocycles. The Hall–Kier alpha value is -7.70. The van der Waals surface area contributed by atoms with Crippen LogP contribution in [-0.2, 0) is 62.3 Å². The molecule has 0 saturated carbocycles. The van der Waals surface area contributed by atoms with Crippen LogP contribution in [0, 0.1) is 23.7 Å². The van der Waals surface area contributed by atoms with Crippen molar-refractivity contribution in [2.75, 3.05) is 26.2 Å². The van der Waals surface area contributed by atoms with Gasteiger partial charge in [0.25, 0.3) is 0 Å². The molecule has 0 aliphatic heterocycles. The molecule has 0 aromatic carbocycles. The largest absolute Gasteiger partial charge is 0.481 e. The molecule has 0 aliphatic rings. The lowest BCUT2D eigenvalue weighted by Gasteiger charge is -2.28. The smallest absolute Gasteiger partial charge is 0.326 e. The molecular weight excluding hydrogens is 1020 g/mol. The maximum absolute atomic E-state index is 13.7. The topological polar surface area (TPSA) is 519 Å². The van der Waals surface area contributed by atoms with Crippen LogP contribution in [0.2, 0.25) is 0 Å². The predicted molar refractivity (Wildman–Crippen MR) is 274 cm³/mol. The molecule has 11 amide bonds. The lowest BCUT2D eigenvalue weighted by atomic mass is 9.99. The van der Waals surface area contributed by atoms with E-state index in [1.54, 1.807) is 55.4 Å². The van der Waals surface area contributed by atoms with Crippen molar-refractivity contribution in [3.05, 3.63) is 0 Å². The van der Waals surface area contributed by atoms with Crippen molar-refractivity contribution in [1.82, 2.24) is 53.2 Å². The van der Waals surface area contributed by atoms with Crippen molar-refractivity contribution in [3.8, 4) is 0 Å². The third kappa shape index (κ3) is 28.1. The molecule has 0 aliphatic carbocycles. The minimum atomic E-state index is -1.90. The zero-order valence-corrected chi connectivity index (χ0v) is 45.0. The van der Waals surface area contributed by atoms with Gasteiger partial charge in [-0.1, -0.05) is 55.4 Å². The van der Waals surface area contributed by atoms with Crippen LogP contribution < -0.4 is 76.1 Å². The van der Waals surface area contributed by atoms with Gasteiger partial charge in [-0.25, -0.2) is 4.79 Å². The summed E-state index contributed by atoms with van der Waals surface area (Å²) in [5.41, 5.74) is 21.6. The number of hydrogen-bond donors (Lipinski definition) is 17. The number of guanidine groups is 1. The van der Waals surface area contributed by atoms with Crippen LogP contribution in [0.1, 0.15) is 101 Å². The van der Waals surface area contributed by atoms with E-state index in [0.717, 1.165) is 0 Å². The van der Waals surface area contributed by atoms with Crippen LogP contribution in [0.3, 0.4) is 0 Å². The van der Waals surface area contributed by atoms with E-state index in [1.807, 2.05) is 5.32 Å². The van der Waals surface area contributed by atoms with E-state index in [4.69, 9.17) is 22.9 Å². The number of amides is 11. The Morgan fingerprint density at radius 3 is 1.44 bits per heavy atom. The van der Waals surface area contributed by atoms with Crippen LogP contribution in [0.4, 0.5) is 0 Å². The maximum atomic E-state index is 13.7. The monoisotopic (exact) mass is 1100 g/mol. The third-order valence-electron chi connectivity index (χ3n) is 11.0. The second-order valence-corrected chi connectivity index (χ2v) is 19.6.